The lowest BCUT2D eigenvalue weighted by molar-refractivity contribution is 0.306. The van der Waals surface area contributed by atoms with Crippen LogP contribution in [0.3, 0.4) is 0 Å². The average Bonchev–Trinajstić information content (AvgIpc) is 2.99. The molecule has 4 heteroatoms. The van der Waals surface area contributed by atoms with E-state index in [0.717, 1.165) is 45.7 Å². The van der Waals surface area contributed by atoms with Gasteiger partial charge in [0, 0.05) is 4.47 Å². The molecule has 0 radical (unpaired) electrons. The number of imidazole rings is 1. The van der Waals surface area contributed by atoms with Crippen LogP contribution in [-0.2, 0) is 0 Å². The molecule has 0 spiro atoms. The van der Waals surface area contributed by atoms with Gasteiger partial charge < -0.3 is 9.72 Å². The molecule has 2 aromatic carbocycles. The van der Waals surface area contributed by atoms with Gasteiger partial charge in [-0.3, -0.25) is 0 Å². The molecule has 0 saturated heterocycles. The molecule has 0 aliphatic carbocycles. The third kappa shape index (κ3) is 3.94. The van der Waals surface area contributed by atoms with E-state index in [0.29, 0.717) is 0 Å². The summed E-state index contributed by atoms with van der Waals surface area (Å²) >= 11 is 3.54. The van der Waals surface area contributed by atoms with Crippen molar-refractivity contribution in [1.82, 2.24) is 9.97 Å². The van der Waals surface area contributed by atoms with Crippen LogP contribution >= 0.6 is 15.9 Å². The highest BCUT2D eigenvalue weighted by molar-refractivity contribution is 9.10. The molecule has 0 unspecified atom stereocenters. The fraction of sp³-hybridized carbons (Fsp3) is 0.316. The number of ether oxygens (including phenoxy) is 1. The molecule has 1 N–H and O–H groups in total. The largest absolute Gasteiger partial charge is 0.493 e. The fourth-order valence-corrected chi connectivity index (χ4v) is 2.97. The van der Waals surface area contributed by atoms with E-state index in [9.17, 15) is 0 Å². The zero-order valence-electron chi connectivity index (χ0n) is 13.3. The second kappa shape index (κ2) is 7.64. The number of unbranched alkanes of at least 4 members (excludes halogenated alkanes) is 3. The smallest absolute Gasteiger partial charge is 0.142 e. The van der Waals surface area contributed by atoms with Crippen LogP contribution in [0.4, 0.5) is 0 Å². The van der Waals surface area contributed by atoms with E-state index >= 15 is 0 Å². The van der Waals surface area contributed by atoms with Crippen molar-refractivity contribution in [3.63, 3.8) is 0 Å². The summed E-state index contributed by atoms with van der Waals surface area (Å²) in [7, 11) is 0. The fourth-order valence-electron chi connectivity index (χ4n) is 2.60. The number of aromatic amines is 1. The highest BCUT2D eigenvalue weighted by atomic mass is 79.9. The lowest BCUT2D eigenvalue weighted by atomic mass is 10.2. The van der Waals surface area contributed by atoms with E-state index in [1.807, 2.05) is 36.4 Å². The standard InChI is InChI=1S/C19H21BrN2O/c1-2-3-4-7-12-23-18-11-10-14(20)13-15(18)19-21-16-8-5-6-9-17(16)22-19/h5-6,8-11,13H,2-4,7,12H2,1H3,(H,21,22). The number of fused-ring (bicyclic) bond motifs is 1. The maximum absolute atomic E-state index is 6.01. The second-order valence-corrected chi connectivity index (χ2v) is 6.57. The van der Waals surface area contributed by atoms with Crippen molar-refractivity contribution in [3.05, 3.63) is 46.9 Å². The Hall–Kier alpha value is -1.81. The highest BCUT2D eigenvalue weighted by Crippen LogP contribution is 2.32. The lowest BCUT2D eigenvalue weighted by Crippen LogP contribution is -1.99. The van der Waals surface area contributed by atoms with Crippen molar-refractivity contribution in [3.8, 4) is 17.1 Å². The Kier molecular flexibility index (Phi) is 5.34. The van der Waals surface area contributed by atoms with Gasteiger partial charge in [0.15, 0.2) is 0 Å². The van der Waals surface area contributed by atoms with E-state index in [-0.39, 0.29) is 0 Å². The van der Waals surface area contributed by atoms with Gasteiger partial charge in [0.2, 0.25) is 0 Å². The van der Waals surface area contributed by atoms with Crippen molar-refractivity contribution >= 4 is 27.0 Å². The predicted molar refractivity (Wildman–Crippen MR) is 98.9 cm³/mol. The van der Waals surface area contributed by atoms with Gasteiger partial charge >= 0.3 is 0 Å². The molecular formula is C19H21BrN2O. The Balaban J connectivity index is 1.83. The molecule has 0 aliphatic heterocycles. The van der Waals surface area contributed by atoms with Gasteiger partial charge in [-0.05, 0) is 36.8 Å². The number of aromatic nitrogens is 2. The van der Waals surface area contributed by atoms with Crippen LogP contribution < -0.4 is 4.74 Å². The number of halogens is 1. The van der Waals surface area contributed by atoms with Crippen molar-refractivity contribution < 1.29 is 4.74 Å². The Bertz CT molecular complexity index is 749. The summed E-state index contributed by atoms with van der Waals surface area (Å²) in [6.45, 7) is 2.96. The monoisotopic (exact) mass is 372 g/mol. The number of benzene rings is 2. The SMILES string of the molecule is CCCCCCOc1ccc(Br)cc1-c1nc2ccccc2[nH]1. The third-order valence-corrected chi connectivity index (χ3v) is 4.33. The summed E-state index contributed by atoms with van der Waals surface area (Å²) in [5.41, 5.74) is 3.00. The van der Waals surface area contributed by atoms with E-state index in [2.05, 4.69) is 38.9 Å². The molecule has 0 bridgehead atoms. The van der Waals surface area contributed by atoms with E-state index in [1.54, 1.807) is 0 Å². The summed E-state index contributed by atoms with van der Waals surface area (Å²) in [5.74, 6) is 1.72. The third-order valence-electron chi connectivity index (χ3n) is 3.84. The van der Waals surface area contributed by atoms with Crippen LogP contribution in [0.1, 0.15) is 32.6 Å². The normalized spacial score (nSPS) is 11.0. The number of nitrogens with one attached hydrogen (secondary N) is 1. The topological polar surface area (TPSA) is 37.9 Å². The van der Waals surface area contributed by atoms with E-state index in [4.69, 9.17) is 4.74 Å². The first-order valence-corrected chi connectivity index (χ1v) is 8.94. The Labute approximate surface area is 145 Å². The summed E-state index contributed by atoms with van der Waals surface area (Å²) in [6.07, 6.45) is 4.80. The minimum absolute atomic E-state index is 0.745. The zero-order valence-corrected chi connectivity index (χ0v) is 14.9. The molecule has 3 nitrogen and oxygen atoms in total. The van der Waals surface area contributed by atoms with Crippen LogP contribution in [0, 0.1) is 0 Å². The van der Waals surface area contributed by atoms with Crippen LogP contribution in [-0.4, -0.2) is 16.6 Å². The number of hydrogen-bond acceptors (Lipinski definition) is 2. The first kappa shape index (κ1) is 16.1. The molecule has 0 fully saturated rings. The van der Waals surface area contributed by atoms with Gasteiger partial charge in [0.1, 0.15) is 11.6 Å². The molecule has 120 valence electrons. The van der Waals surface area contributed by atoms with Gasteiger partial charge in [-0.2, -0.15) is 0 Å². The molecule has 0 amide bonds. The minimum atomic E-state index is 0.745. The molecule has 0 aliphatic rings. The van der Waals surface area contributed by atoms with Crippen molar-refractivity contribution in [2.75, 3.05) is 6.61 Å². The van der Waals surface area contributed by atoms with Gasteiger partial charge in [0.05, 0.1) is 23.2 Å². The molecule has 23 heavy (non-hydrogen) atoms. The Morgan fingerprint density at radius 3 is 2.78 bits per heavy atom. The minimum Gasteiger partial charge on any atom is -0.493 e. The second-order valence-electron chi connectivity index (χ2n) is 5.65. The van der Waals surface area contributed by atoms with E-state index in [1.165, 1.54) is 19.3 Å². The van der Waals surface area contributed by atoms with Crippen LogP contribution in [0.5, 0.6) is 5.75 Å². The van der Waals surface area contributed by atoms with Crippen molar-refractivity contribution in [2.24, 2.45) is 0 Å². The molecule has 3 aromatic rings. The highest BCUT2D eigenvalue weighted by Gasteiger charge is 2.11. The molecule has 3 rings (SSSR count). The first-order valence-electron chi connectivity index (χ1n) is 8.15. The number of rotatable bonds is 7. The molecule has 0 atom stereocenters. The van der Waals surface area contributed by atoms with E-state index < -0.39 is 0 Å². The van der Waals surface area contributed by atoms with Gasteiger partial charge in [-0.1, -0.05) is 54.2 Å². The number of nitrogens with zero attached hydrogens (tertiary/aromatic N) is 1. The molecule has 1 heterocycles. The number of para-hydroxylation sites is 2. The summed E-state index contributed by atoms with van der Waals surface area (Å²) in [4.78, 5) is 8.06. The number of hydrogen-bond donors (Lipinski definition) is 1. The number of H-pyrrole nitrogens is 1. The zero-order chi connectivity index (χ0) is 16.1. The van der Waals surface area contributed by atoms with Crippen LogP contribution in [0.2, 0.25) is 0 Å². The van der Waals surface area contributed by atoms with Gasteiger partial charge in [0.25, 0.3) is 0 Å². The molecule has 1 aromatic heterocycles. The summed E-state index contributed by atoms with van der Waals surface area (Å²) in [6, 6.07) is 14.1. The van der Waals surface area contributed by atoms with Gasteiger partial charge in [-0.15, -0.1) is 0 Å². The average molecular weight is 373 g/mol. The maximum atomic E-state index is 6.01. The first-order chi connectivity index (χ1) is 11.3. The molecular weight excluding hydrogens is 352 g/mol. The Morgan fingerprint density at radius 2 is 1.96 bits per heavy atom. The quantitative estimate of drug-likeness (QED) is 0.520. The lowest BCUT2D eigenvalue weighted by Gasteiger charge is -2.10. The summed E-state index contributed by atoms with van der Waals surface area (Å²) in [5, 5.41) is 0. The molecule has 0 saturated carbocycles. The van der Waals surface area contributed by atoms with Crippen LogP contribution in [0.25, 0.3) is 22.4 Å². The van der Waals surface area contributed by atoms with Crippen molar-refractivity contribution in [1.29, 1.82) is 0 Å². The Morgan fingerprint density at radius 1 is 1.09 bits per heavy atom. The summed E-state index contributed by atoms with van der Waals surface area (Å²) < 4.78 is 7.03. The van der Waals surface area contributed by atoms with Crippen molar-refractivity contribution in [2.45, 2.75) is 32.6 Å². The maximum Gasteiger partial charge on any atom is 0.142 e. The van der Waals surface area contributed by atoms with Gasteiger partial charge in [-0.25, -0.2) is 4.98 Å². The predicted octanol–water partition coefficient (Wildman–Crippen LogP) is 5.95. The van der Waals surface area contributed by atoms with Crippen LogP contribution in [0.15, 0.2) is 46.9 Å².